The van der Waals surface area contributed by atoms with Gasteiger partial charge in [-0.05, 0) is 43.4 Å². The third kappa shape index (κ3) is 5.32. The van der Waals surface area contributed by atoms with Crippen molar-refractivity contribution in [2.75, 3.05) is 6.61 Å². The summed E-state index contributed by atoms with van der Waals surface area (Å²) < 4.78 is 18.8. The molecule has 0 unspecified atom stereocenters. The number of amides is 1. The van der Waals surface area contributed by atoms with E-state index < -0.39 is 0 Å². The van der Waals surface area contributed by atoms with Crippen LogP contribution in [0.4, 0.5) is 4.39 Å². The van der Waals surface area contributed by atoms with E-state index in [2.05, 4.69) is 15.3 Å². The molecule has 1 aliphatic heterocycles. The number of hydrogen-bond acceptors (Lipinski definition) is 4. The van der Waals surface area contributed by atoms with E-state index in [9.17, 15) is 9.18 Å². The smallest absolute Gasteiger partial charge is 0.220 e. The first-order valence-corrected chi connectivity index (χ1v) is 8.64. The minimum Gasteiger partial charge on any atom is -0.370 e. The van der Waals surface area contributed by atoms with Gasteiger partial charge in [0.05, 0.1) is 0 Å². The highest BCUT2D eigenvalue weighted by atomic mass is 19.1. The number of nitrogens with zero attached hydrogens (tertiary/aromatic N) is 2. The Morgan fingerprint density at radius 1 is 1.24 bits per heavy atom. The van der Waals surface area contributed by atoms with Crippen LogP contribution in [0.3, 0.4) is 0 Å². The fraction of sp³-hybridized carbons (Fsp3) is 0.421. The normalized spacial score (nSPS) is 17.2. The second-order valence-electron chi connectivity index (χ2n) is 6.21. The number of ether oxygens (including phenoxy) is 1. The highest BCUT2D eigenvalue weighted by Gasteiger charge is 2.18. The van der Waals surface area contributed by atoms with Crippen LogP contribution in [0.2, 0.25) is 0 Å². The van der Waals surface area contributed by atoms with Gasteiger partial charge < -0.3 is 10.1 Å². The molecule has 0 spiro atoms. The number of carbonyl (C=O) groups is 1. The van der Waals surface area contributed by atoms with E-state index in [-0.39, 0.29) is 17.8 Å². The number of benzene rings is 1. The maximum absolute atomic E-state index is 13.1. The molecule has 0 bridgehead atoms. The van der Waals surface area contributed by atoms with Gasteiger partial charge in [0, 0.05) is 37.5 Å². The Bertz CT molecular complexity index is 700. The molecule has 0 aliphatic carbocycles. The summed E-state index contributed by atoms with van der Waals surface area (Å²) in [4.78, 5) is 20.6. The lowest BCUT2D eigenvalue weighted by atomic mass is 10.1. The highest BCUT2D eigenvalue weighted by Crippen LogP contribution is 2.24. The Morgan fingerprint density at radius 3 is 2.80 bits per heavy atom. The average Bonchev–Trinajstić information content (AvgIpc) is 2.66. The Balaban J connectivity index is 1.43. The van der Waals surface area contributed by atoms with Crippen LogP contribution in [0.5, 0.6) is 0 Å². The van der Waals surface area contributed by atoms with Crippen LogP contribution in [-0.4, -0.2) is 22.5 Å². The van der Waals surface area contributed by atoms with Crippen molar-refractivity contribution in [2.24, 2.45) is 0 Å². The molecular weight excluding hydrogens is 321 g/mol. The number of hydrogen-bond donors (Lipinski definition) is 1. The van der Waals surface area contributed by atoms with Crippen LogP contribution in [0.1, 0.15) is 48.7 Å². The lowest BCUT2D eigenvalue weighted by Gasteiger charge is -2.21. The van der Waals surface area contributed by atoms with Crippen LogP contribution in [0.15, 0.2) is 36.7 Å². The van der Waals surface area contributed by atoms with Crippen molar-refractivity contribution in [1.29, 1.82) is 0 Å². The van der Waals surface area contributed by atoms with Crippen LogP contribution < -0.4 is 5.32 Å². The molecule has 132 valence electrons. The first-order valence-electron chi connectivity index (χ1n) is 8.64. The monoisotopic (exact) mass is 343 g/mol. The first kappa shape index (κ1) is 17.5. The van der Waals surface area contributed by atoms with Gasteiger partial charge in [-0.15, -0.1) is 0 Å². The van der Waals surface area contributed by atoms with Crippen molar-refractivity contribution in [3.05, 3.63) is 59.4 Å². The molecule has 25 heavy (non-hydrogen) atoms. The SMILES string of the molecule is O=C(CCc1cccc(F)c1)NCc1cnc([C@@H]2CCCCO2)nc1. The standard InChI is InChI=1S/C19H22FN3O2/c20-16-5-3-4-14(10-16)7-8-18(24)21-11-15-12-22-19(23-13-15)17-6-1-2-9-25-17/h3-5,10,12-13,17H,1-2,6-9,11H2,(H,21,24)/t17-/m0/s1. The summed E-state index contributed by atoms with van der Waals surface area (Å²) in [5, 5.41) is 2.84. The largest absolute Gasteiger partial charge is 0.370 e. The molecule has 0 saturated carbocycles. The summed E-state index contributed by atoms with van der Waals surface area (Å²) in [6, 6.07) is 6.31. The summed E-state index contributed by atoms with van der Waals surface area (Å²) in [5.74, 6) is 0.349. The third-order valence-corrected chi connectivity index (χ3v) is 4.21. The van der Waals surface area contributed by atoms with Gasteiger partial charge in [0.15, 0.2) is 5.82 Å². The van der Waals surface area contributed by atoms with Crippen molar-refractivity contribution in [3.63, 3.8) is 0 Å². The Kier molecular flexibility index (Phi) is 6.06. The molecule has 2 aromatic rings. The summed E-state index contributed by atoms with van der Waals surface area (Å²) in [5.41, 5.74) is 1.66. The molecule has 2 heterocycles. The van der Waals surface area contributed by atoms with E-state index in [1.165, 1.54) is 12.1 Å². The van der Waals surface area contributed by atoms with Gasteiger partial charge in [0.2, 0.25) is 5.91 Å². The van der Waals surface area contributed by atoms with Crippen molar-refractivity contribution in [2.45, 2.75) is 44.8 Å². The number of carbonyl (C=O) groups excluding carboxylic acids is 1. The average molecular weight is 343 g/mol. The number of rotatable bonds is 6. The summed E-state index contributed by atoms with van der Waals surface area (Å²) in [7, 11) is 0. The lowest BCUT2D eigenvalue weighted by Crippen LogP contribution is -2.23. The van der Waals surface area contributed by atoms with Crippen molar-refractivity contribution >= 4 is 5.91 Å². The minimum atomic E-state index is -0.280. The van der Waals surface area contributed by atoms with E-state index in [4.69, 9.17) is 4.74 Å². The second-order valence-corrected chi connectivity index (χ2v) is 6.21. The Labute approximate surface area is 146 Å². The van der Waals surface area contributed by atoms with Crippen molar-refractivity contribution in [1.82, 2.24) is 15.3 Å². The van der Waals surface area contributed by atoms with Crippen LogP contribution in [0, 0.1) is 5.82 Å². The van der Waals surface area contributed by atoms with Gasteiger partial charge in [-0.3, -0.25) is 4.79 Å². The Hall–Kier alpha value is -2.34. The van der Waals surface area contributed by atoms with E-state index in [1.54, 1.807) is 18.5 Å². The fourth-order valence-electron chi connectivity index (χ4n) is 2.81. The molecule has 1 aliphatic rings. The van der Waals surface area contributed by atoms with Crippen LogP contribution in [0.25, 0.3) is 0 Å². The van der Waals surface area contributed by atoms with Crippen LogP contribution in [-0.2, 0) is 22.5 Å². The molecule has 3 rings (SSSR count). The molecule has 1 atom stereocenters. The predicted octanol–water partition coefficient (Wildman–Crippen LogP) is 3.11. The molecule has 1 aromatic carbocycles. The highest BCUT2D eigenvalue weighted by molar-refractivity contribution is 5.76. The maximum Gasteiger partial charge on any atom is 0.220 e. The molecule has 0 radical (unpaired) electrons. The van der Waals surface area contributed by atoms with Crippen molar-refractivity contribution < 1.29 is 13.9 Å². The van der Waals surface area contributed by atoms with E-state index in [1.807, 2.05) is 6.07 Å². The van der Waals surface area contributed by atoms with E-state index in [0.29, 0.717) is 25.2 Å². The van der Waals surface area contributed by atoms with Gasteiger partial charge in [0.1, 0.15) is 11.9 Å². The molecule has 1 amide bonds. The summed E-state index contributed by atoms with van der Waals surface area (Å²) in [6.45, 7) is 1.14. The quantitative estimate of drug-likeness (QED) is 0.875. The molecular formula is C19H22FN3O2. The zero-order valence-electron chi connectivity index (χ0n) is 14.1. The third-order valence-electron chi connectivity index (χ3n) is 4.21. The zero-order valence-corrected chi connectivity index (χ0v) is 14.1. The van der Waals surface area contributed by atoms with Gasteiger partial charge >= 0.3 is 0 Å². The molecule has 1 fully saturated rings. The predicted molar refractivity (Wildman–Crippen MR) is 91.1 cm³/mol. The molecule has 1 aromatic heterocycles. The molecule has 6 heteroatoms. The number of aryl methyl sites for hydroxylation is 1. The number of halogens is 1. The van der Waals surface area contributed by atoms with Gasteiger partial charge in [0.25, 0.3) is 0 Å². The number of nitrogens with one attached hydrogen (secondary N) is 1. The van der Waals surface area contributed by atoms with E-state index >= 15 is 0 Å². The Morgan fingerprint density at radius 2 is 2.08 bits per heavy atom. The van der Waals surface area contributed by atoms with Gasteiger partial charge in [-0.25, -0.2) is 14.4 Å². The topological polar surface area (TPSA) is 64.1 Å². The maximum atomic E-state index is 13.1. The minimum absolute atomic E-state index is 0.0105. The fourth-order valence-corrected chi connectivity index (χ4v) is 2.81. The summed E-state index contributed by atoms with van der Waals surface area (Å²) in [6.07, 6.45) is 7.46. The first-order chi connectivity index (χ1) is 12.2. The lowest BCUT2D eigenvalue weighted by molar-refractivity contribution is -0.121. The van der Waals surface area contributed by atoms with Crippen molar-refractivity contribution in [3.8, 4) is 0 Å². The summed E-state index contributed by atoms with van der Waals surface area (Å²) >= 11 is 0. The van der Waals surface area contributed by atoms with Gasteiger partial charge in [-0.1, -0.05) is 12.1 Å². The van der Waals surface area contributed by atoms with Crippen LogP contribution >= 0.6 is 0 Å². The van der Waals surface area contributed by atoms with E-state index in [0.717, 1.165) is 37.0 Å². The molecule has 1 saturated heterocycles. The molecule has 1 N–H and O–H groups in total. The number of aromatic nitrogens is 2. The second kappa shape index (κ2) is 8.67. The van der Waals surface area contributed by atoms with Gasteiger partial charge in [-0.2, -0.15) is 0 Å². The molecule has 5 nitrogen and oxygen atoms in total. The zero-order chi connectivity index (χ0) is 17.5.